The molecule has 0 amide bonds. The Kier molecular flexibility index (Phi) is 4.70. The molecule has 6 heteroatoms. The molecule has 0 aliphatic heterocycles. The van der Waals surface area contributed by atoms with Gasteiger partial charge in [0.2, 0.25) is 20.7 Å². The van der Waals surface area contributed by atoms with Gasteiger partial charge < -0.3 is 9.15 Å². The van der Waals surface area contributed by atoms with E-state index in [2.05, 4.69) is 0 Å². The fraction of sp³-hybridized carbons (Fsp3) is 0.150. The largest absolute Gasteiger partial charge is 0.437 e. The molecule has 1 aromatic heterocycles. The van der Waals surface area contributed by atoms with Gasteiger partial charge in [0.05, 0.1) is 4.90 Å². The topological polar surface area (TPSA) is 73.6 Å². The van der Waals surface area contributed by atoms with Crippen molar-refractivity contribution in [1.82, 2.24) is 0 Å². The number of esters is 1. The summed E-state index contributed by atoms with van der Waals surface area (Å²) in [5.74, 6) is -0.540. The zero-order chi connectivity index (χ0) is 18.9. The van der Waals surface area contributed by atoms with Gasteiger partial charge in [-0.2, -0.15) is 0 Å². The molecule has 26 heavy (non-hydrogen) atoms. The lowest BCUT2D eigenvalue weighted by Gasteiger charge is -2.05. The second-order valence-electron chi connectivity index (χ2n) is 6.15. The average Bonchev–Trinajstić information content (AvgIpc) is 3.05. The van der Waals surface area contributed by atoms with Crippen LogP contribution in [0.3, 0.4) is 0 Å². The minimum atomic E-state index is -3.83. The molecule has 0 aliphatic rings. The highest BCUT2D eigenvalue weighted by Gasteiger charge is 2.24. The summed E-state index contributed by atoms with van der Waals surface area (Å²) in [4.78, 5) is 12.4. The standard InChI is InChI=1S/C20H18O5S/c1-13-4-6-17(7-5-13)26(22,23)19-9-8-18(25-19)20(21)24-16-11-14(2)10-15(3)12-16/h4-12H,1-3H3. The van der Waals surface area contributed by atoms with Crippen LogP contribution in [-0.4, -0.2) is 14.4 Å². The molecular weight excluding hydrogens is 352 g/mol. The van der Waals surface area contributed by atoms with Gasteiger partial charge in [-0.1, -0.05) is 23.8 Å². The first-order chi connectivity index (χ1) is 12.3. The van der Waals surface area contributed by atoms with Crippen LogP contribution in [-0.2, 0) is 9.84 Å². The lowest BCUT2D eigenvalue weighted by molar-refractivity contribution is 0.0695. The van der Waals surface area contributed by atoms with Gasteiger partial charge in [0.25, 0.3) is 0 Å². The van der Waals surface area contributed by atoms with E-state index < -0.39 is 15.8 Å². The van der Waals surface area contributed by atoms with Crippen LogP contribution in [0.1, 0.15) is 27.2 Å². The van der Waals surface area contributed by atoms with Crippen LogP contribution in [0.2, 0.25) is 0 Å². The molecular formula is C20H18O5S. The molecule has 3 rings (SSSR count). The van der Waals surface area contributed by atoms with Crippen molar-refractivity contribution < 1.29 is 22.4 Å². The first kappa shape index (κ1) is 17.9. The number of furan rings is 1. The van der Waals surface area contributed by atoms with Crippen molar-refractivity contribution in [2.24, 2.45) is 0 Å². The number of rotatable bonds is 4. The first-order valence-corrected chi connectivity index (χ1v) is 9.46. The van der Waals surface area contributed by atoms with Crippen molar-refractivity contribution in [1.29, 1.82) is 0 Å². The van der Waals surface area contributed by atoms with E-state index in [1.807, 2.05) is 26.8 Å². The summed E-state index contributed by atoms with van der Waals surface area (Å²) >= 11 is 0. The molecule has 0 aliphatic carbocycles. The van der Waals surface area contributed by atoms with Crippen LogP contribution >= 0.6 is 0 Å². The third-order valence-corrected chi connectivity index (χ3v) is 5.43. The Balaban J connectivity index is 1.84. The maximum atomic E-state index is 12.6. The highest BCUT2D eigenvalue weighted by molar-refractivity contribution is 7.91. The Labute approximate surface area is 152 Å². The molecule has 0 saturated heterocycles. The molecule has 0 saturated carbocycles. The number of ether oxygens (including phenoxy) is 1. The quantitative estimate of drug-likeness (QED) is 0.507. The number of benzene rings is 2. The zero-order valence-corrected chi connectivity index (χ0v) is 15.5. The van der Waals surface area contributed by atoms with Crippen LogP contribution in [0.25, 0.3) is 0 Å². The predicted molar refractivity (Wildman–Crippen MR) is 96.2 cm³/mol. The Morgan fingerprint density at radius 1 is 0.846 bits per heavy atom. The molecule has 134 valence electrons. The first-order valence-electron chi connectivity index (χ1n) is 7.98. The molecule has 0 atom stereocenters. The van der Waals surface area contributed by atoms with E-state index >= 15 is 0 Å². The molecule has 0 radical (unpaired) electrons. The van der Waals surface area contributed by atoms with E-state index in [0.29, 0.717) is 5.75 Å². The predicted octanol–water partition coefficient (Wildman–Crippen LogP) is 4.26. The second-order valence-corrected chi connectivity index (χ2v) is 8.03. The van der Waals surface area contributed by atoms with Gasteiger partial charge in [0.1, 0.15) is 5.75 Å². The minimum absolute atomic E-state index is 0.103. The average molecular weight is 370 g/mol. The highest BCUT2D eigenvalue weighted by atomic mass is 32.2. The van der Waals surface area contributed by atoms with Crippen molar-refractivity contribution in [3.63, 3.8) is 0 Å². The highest BCUT2D eigenvalue weighted by Crippen LogP contribution is 2.24. The summed E-state index contributed by atoms with van der Waals surface area (Å²) in [6, 6.07) is 14.4. The molecule has 0 bridgehead atoms. The van der Waals surface area contributed by atoms with Crippen LogP contribution < -0.4 is 4.74 Å². The molecule has 2 aromatic carbocycles. The lowest BCUT2D eigenvalue weighted by atomic mass is 10.1. The van der Waals surface area contributed by atoms with E-state index in [1.165, 1.54) is 24.3 Å². The monoisotopic (exact) mass is 370 g/mol. The maximum absolute atomic E-state index is 12.6. The van der Waals surface area contributed by atoms with Gasteiger partial charge >= 0.3 is 5.97 Å². The van der Waals surface area contributed by atoms with Crippen molar-refractivity contribution in [3.8, 4) is 5.75 Å². The Morgan fingerprint density at radius 2 is 1.46 bits per heavy atom. The molecule has 0 N–H and O–H groups in total. The van der Waals surface area contributed by atoms with Crippen molar-refractivity contribution in [2.45, 2.75) is 30.8 Å². The van der Waals surface area contributed by atoms with Crippen LogP contribution in [0.5, 0.6) is 5.75 Å². The number of hydrogen-bond donors (Lipinski definition) is 0. The molecule has 0 fully saturated rings. The molecule has 0 unspecified atom stereocenters. The zero-order valence-electron chi connectivity index (χ0n) is 14.6. The lowest BCUT2D eigenvalue weighted by Crippen LogP contribution is -2.08. The smallest absolute Gasteiger partial charge is 0.379 e. The van der Waals surface area contributed by atoms with Gasteiger partial charge in [0, 0.05) is 0 Å². The van der Waals surface area contributed by atoms with E-state index in [4.69, 9.17) is 9.15 Å². The minimum Gasteiger partial charge on any atom is -0.437 e. The van der Waals surface area contributed by atoms with Gasteiger partial charge in [-0.3, -0.25) is 0 Å². The van der Waals surface area contributed by atoms with E-state index in [9.17, 15) is 13.2 Å². The third-order valence-electron chi connectivity index (χ3n) is 3.78. The Bertz CT molecular complexity index is 1040. The van der Waals surface area contributed by atoms with Gasteiger partial charge in [-0.15, -0.1) is 0 Å². The van der Waals surface area contributed by atoms with Gasteiger partial charge in [0.15, 0.2) is 0 Å². The van der Waals surface area contributed by atoms with E-state index in [-0.39, 0.29) is 15.7 Å². The van der Waals surface area contributed by atoms with Crippen LogP contribution in [0.4, 0.5) is 0 Å². The Hall–Kier alpha value is -2.86. The van der Waals surface area contributed by atoms with Crippen molar-refractivity contribution in [3.05, 3.63) is 77.0 Å². The van der Waals surface area contributed by atoms with Gasteiger partial charge in [-0.25, -0.2) is 13.2 Å². The summed E-state index contributed by atoms with van der Waals surface area (Å²) < 4.78 is 35.7. The molecule has 0 spiro atoms. The SMILES string of the molecule is Cc1ccc(S(=O)(=O)c2ccc(C(=O)Oc3cc(C)cc(C)c3)o2)cc1. The van der Waals surface area contributed by atoms with E-state index in [0.717, 1.165) is 16.7 Å². The Morgan fingerprint density at radius 3 is 2.08 bits per heavy atom. The third kappa shape index (κ3) is 3.70. The molecule has 3 aromatic rings. The normalized spacial score (nSPS) is 11.3. The summed E-state index contributed by atoms with van der Waals surface area (Å²) in [7, 11) is -3.83. The number of carbonyl (C=O) groups excluding carboxylic acids is 1. The fourth-order valence-corrected chi connectivity index (χ4v) is 3.73. The van der Waals surface area contributed by atoms with Crippen LogP contribution in [0.15, 0.2) is 69.0 Å². The van der Waals surface area contributed by atoms with Gasteiger partial charge in [-0.05, 0) is 68.3 Å². The number of sulfone groups is 1. The van der Waals surface area contributed by atoms with Crippen molar-refractivity contribution >= 4 is 15.8 Å². The molecule has 1 heterocycles. The fourth-order valence-electron chi connectivity index (χ4n) is 2.56. The van der Waals surface area contributed by atoms with E-state index in [1.54, 1.807) is 24.3 Å². The summed E-state index contributed by atoms with van der Waals surface area (Å²) in [6.07, 6.45) is 0. The van der Waals surface area contributed by atoms with Crippen molar-refractivity contribution in [2.75, 3.05) is 0 Å². The van der Waals surface area contributed by atoms with Crippen LogP contribution in [0, 0.1) is 20.8 Å². The summed E-state index contributed by atoms with van der Waals surface area (Å²) in [5.41, 5.74) is 2.85. The summed E-state index contributed by atoms with van der Waals surface area (Å²) in [6.45, 7) is 5.65. The molecule has 5 nitrogen and oxygen atoms in total. The second kappa shape index (κ2) is 6.80. The number of hydrogen-bond acceptors (Lipinski definition) is 5. The maximum Gasteiger partial charge on any atom is 0.379 e. The summed E-state index contributed by atoms with van der Waals surface area (Å²) in [5, 5.41) is -0.297. The number of carbonyl (C=O) groups is 1. The number of aryl methyl sites for hydroxylation is 3.